The molecule has 1 amide bonds. The molecule has 1 fully saturated rings. The van der Waals surface area contributed by atoms with E-state index in [2.05, 4.69) is 0 Å². The Balaban J connectivity index is 1.82. The summed E-state index contributed by atoms with van der Waals surface area (Å²) in [4.78, 5) is 40.2. The third-order valence-electron chi connectivity index (χ3n) is 6.07. The molecule has 1 unspecified atom stereocenters. The minimum atomic E-state index is -0.856. The Kier molecular flexibility index (Phi) is 7.20. The van der Waals surface area contributed by atoms with Crippen LogP contribution in [0.25, 0.3) is 5.76 Å². The van der Waals surface area contributed by atoms with Crippen molar-refractivity contribution in [2.24, 2.45) is 0 Å². The molecule has 0 saturated carbocycles. The molecular weight excluding hydrogens is 458 g/mol. The van der Waals surface area contributed by atoms with E-state index < -0.39 is 23.7 Å². The number of rotatable bonds is 7. The highest BCUT2D eigenvalue weighted by molar-refractivity contribution is 6.51. The van der Waals surface area contributed by atoms with Crippen LogP contribution in [0.15, 0.2) is 78.4 Å². The molecule has 3 aromatic rings. The molecule has 1 heterocycles. The average Bonchev–Trinajstić information content (AvgIpc) is 3.17. The Morgan fingerprint density at radius 2 is 1.69 bits per heavy atom. The fraction of sp³-hybridized carbons (Fsp3) is 0.207. The van der Waals surface area contributed by atoms with Gasteiger partial charge < -0.3 is 14.6 Å². The number of esters is 1. The molecule has 7 heteroatoms. The quantitative estimate of drug-likeness (QED) is 0.214. The first kappa shape index (κ1) is 24.7. The van der Waals surface area contributed by atoms with Crippen molar-refractivity contribution in [3.63, 3.8) is 0 Å². The Bertz CT molecular complexity index is 1330. The summed E-state index contributed by atoms with van der Waals surface area (Å²) in [5, 5.41) is 11.3. The Morgan fingerprint density at radius 1 is 1.00 bits per heavy atom. The standard InChI is InChI=1S/C29H27NO6/c1-4-16-36-29(34)20-10-12-21(13-11-20)30-25(19-8-6-5-7-9-19)24(27(32)28(30)33)26(31)23-15-14-22(35-3)17-18(23)2/h5-15,17,25,31H,4,16H2,1-3H3/b26-24-. The zero-order valence-corrected chi connectivity index (χ0v) is 20.4. The molecule has 3 aromatic carbocycles. The lowest BCUT2D eigenvalue weighted by Crippen LogP contribution is -2.29. The largest absolute Gasteiger partial charge is 0.507 e. The zero-order chi connectivity index (χ0) is 25.8. The number of aryl methyl sites for hydroxylation is 1. The van der Waals surface area contributed by atoms with Gasteiger partial charge in [-0.25, -0.2) is 4.79 Å². The second kappa shape index (κ2) is 10.5. The number of ether oxygens (including phenoxy) is 2. The Morgan fingerprint density at radius 3 is 2.31 bits per heavy atom. The monoisotopic (exact) mass is 485 g/mol. The molecule has 1 aliphatic heterocycles. The lowest BCUT2D eigenvalue weighted by molar-refractivity contribution is -0.132. The minimum Gasteiger partial charge on any atom is -0.507 e. The molecular formula is C29H27NO6. The van der Waals surface area contributed by atoms with Crippen molar-refractivity contribution in [1.82, 2.24) is 0 Å². The van der Waals surface area contributed by atoms with Gasteiger partial charge in [-0.3, -0.25) is 14.5 Å². The van der Waals surface area contributed by atoms with Gasteiger partial charge in [0.1, 0.15) is 11.5 Å². The van der Waals surface area contributed by atoms with E-state index in [1.54, 1.807) is 80.8 Å². The number of carbonyl (C=O) groups is 3. The van der Waals surface area contributed by atoms with Crippen LogP contribution in [0.3, 0.4) is 0 Å². The molecule has 184 valence electrons. The Labute approximate surface area is 209 Å². The van der Waals surface area contributed by atoms with Crippen LogP contribution in [0.4, 0.5) is 5.69 Å². The highest BCUT2D eigenvalue weighted by Crippen LogP contribution is 2.42. The van der Waals surface area contributed by atoms with Crippen LogP contribution in [0, 0.1) is 6.92 Å². The lowest BCUT2D eigenvalue weighted by atomic mass is 9.93. The van der Waals surface area contributed by atoms with Gasteiger partial charge in [0.05, 0.1) is 30.9 Å². The highest BCUT2D eigenvalue weighted by Gasteiger charge is 2.47. The van der Waals surface area contributed by atoms with Gasteiger partial charge in [-0.1, -0.05) is 37.3 Å². The van der Waals surface area contributed by atoms with Gasteiger partial charge in [0.15, 0.2) is 0 Å². The van der Waals surface area contributed by atoms with Gasteiger partial charge in [-0.05, 0) is 66.9 Å². The first-order valence-corrected chi connectivity index (χ1v) is 11.7. The van der Waals surface area contributed by atoms with Crippen LogP contribution in [0.1, 0.15) is 46.4 Å². The summed E-state index contributed by atoms with van der Waals surface area (Å²) in [6, 6.07) is 19.6. The summed E-state index contributed by atoms with van der Waals surface area (Å²) < 4.78 is 10.4. The molecule has 0 bridgehead atoms. The molecule has 4 rings (SSSR count). The lowest BCUT2D eigenvalue weighted by Gasteiger charge is -2.25. The van der Waals surface area contributed by atoms with Crippen LogP contribution in [-0.2, 0) is 14.3 Å². The van der Waals surface area contributed by atoms with Crippen LogP contribution in [-0.4, -0.2) is 36.5 Å². The van der Waals surface area contributed by atoms with Gasteiger partial charge in [0.2, 0.25) is 0 Å². The van der Waals surface area contributed by atoms with E-state index in [0.29, 0.717) is 46.7 Å². The van der Waals surface area contributed by atoms with E-state index in [1.165, 1.54) is 4.90 Å². The fourth-order valence-corrected chi connectivity index (χ4v) is 4.26. The van der Waals surface area contributed by atoms with Crippen molar-refractivity contribution in [2.45, 2.75) is 26.3 Å². The summed E-state index contributed by atoms with van der Waals surface area (Å²) >= 11 is 0. The van der Waals surface area contributed by atoms with Gasteiger partial charge in [0.25, 0.3) is 11.7 Å². The second-order valence-electron chi connectivity index (χ2n) is 8.44. The smallest absolute Gasteiger partial charge is 0.338 e. The number of hydrogen-bond acceptors (Lipinski definition) is 6. The normalized spacial score (nSPS) is 16.8. The maximum Gasteiger partial charge on any atom is 0.338 e. The Hall–Kier alpha value is -4.39. The van der Waals surface area contributed by atoms with E-state index in [4.69, 9.17) is 9.47 Å². The van der Waals surface area contributed by atoms with Crippen molar-refractivity contribution in [3.05, 3.63) is 101 Å². The SMILES string of the molecule is CCCOC(=O)c1ccc(N2C(=O)C(=O)/C(=C(\O)c3ccc(OC)cc3C)C2c2ccccc2)cc1. The van der Waals surface area contributed by atoms with E-state index in [1.807, 2.05) is 13.0 Å². The maximum atomic E-state index is 13.3. The minimum absolute atomic E-state index is 0.00843. The fourth-order valence-electron chi connectivity index (χ4n) is 4.26. The van der Waals surface area contributed by atoms with Crippen molar-refractivity contribution in [1.29, 1.82) is 0 Å². The van der Waals surface area contributed by atoms with Crippen LogP contribution in [0.2, 0.25) is 0 Å². The predicted molar refractivity (Wildman–Crippen MR) is 136 cm³/mol. The number of carbonyl (C=O) groups excluding carboxylic acids is 3. The van der Waals surface area contributed by atoms with Crippen molar-refractivity contribution >= 4 is 29.1 Å². The predicted octanol–water partition coefficient (Wildman–Crippen LogP) is 5.20. The molecule has 0 radical (unpaired) electrons. The average molecular weight is 486 g/mol. The van der Waals surface area contributed by atoms with E-state index in [-0.39, 0.29) is 11.3 Å². The van der Waals surface area contributed by atoms with Crippen molar-refractivity contribution in [2.75, 3.05) is 18.6 Å². The number of nitrogens with zero attached hydrogens (tertiary/aromatic N) is 1. The summed E-state index contributed by atoms with van der Waals surface area (Å²) in [7, 11) is 1.55. The molecule has 1 atom stereocenters. The number of benzene rings is 3. The van der Waals surface area contributed by atoms with Gasteiger partial charge in [0, 0.05) is 11.3 Å². The summed E-state index contributed by atoms with van der Waals surface area (Å²) in [5.74, 6) is -1.66. The third kappa shape index (κ3) is 4.60. The number of ketones is 1. The first-order valence-electron chi connectivity index (χ1n) is 11.7. The summed E-state index contributed by atoms with van der Waals surface area (Å²) in [6.07, 6.45) is 0.708. The second-order valence-corrected chi connectivity index (χ2v) is 8.44. The van der Waals surface area contributed by atoms with Crippen LogP contribution in [0.5, 0.6) is 5.75 Å². The van der Waals surface area contributed by atoms with Crippen molar-refractivity contribution < 1.29 is 29.0 Å². The summed E-state index contributed by atoms with van der Waals surface area (Å²) in [6.45, 7) is 4.01. The number of methoxy groups -OCH3 is 1. The molecule has 36 heavy (non-hydrogen) atoms. The number of aliphatic hydroxyl groups excluding tert-OH is 1. The van der Waals surface area contributed by atoms with Crippen LogP contribution >= 0.6 is 0 Å². The highest BCUT2D eigenvalue weighted by atomic mass is 16.5. The molecule has 7 nitrogen and oxygen atoms in total. The maximum absolute atomic E-state index is 13.3. The third-order valence-corrected chi connectivity index (χ3v) is 6.07. The van der Waals surface area contributed by atoms with Gasteiger partial charge in [-0.2, -0.15) is 0 Å². The molecule has 1 N–H and O–H groups in total. The van der Waals surface area contributed by atoms with E-state index >= 15 is 0 Å². The molecule has 0 spiro atoms. The molecule has 0 aliphatic carbocycles. The van der Waals surface area contributed by atoms with E-state index in [9.17, 15) is 19.5 Å². The number of aliphatic hydroxyl groups is 1. The first-order chi connectivity index (χ1) is 17.4. The van der Waals surface area contributed by atoms with Crippen LogP contribution < -0.4 is 9.64 Å². The van der Waals surface area contributed by atoms with Gasteiger partial charge >= 0.3 is 5.97 Å². The number of Topliss-reactive ketones (excluding diaryl/α,β-unsaturated/α-hetero) is 1. The molecule has 0 aromatic heterocycles. The number of amides is 1. The van der Waals surface area contributed by atoms with E-state index in [0.717, 1.165) is 0 Å². The number of hydrogen-bond donors (Lipinski definition) is 1. The topological polar surface area (TPSA) is 93.1 Å². The van der Waals surface area contributed by atoms with Gasteiger partial charge in [-0.15, -0.1) is 0 Å². The summed E-state index contributed by atoms with van der Waals surface area (Å²) in [5.41, 5.74) is 2.54. The molecule has 1 aliphatic rings. The number of anilines is 1. The zero-order valence-electron chi connectivity index (χ0n) is 20.4. The van der Waals surface area contributed by atoms with Crippen molar-refractivity contribution in [3.8, 4) is 5.75 Å². The molecule has 1 saturated heterocycles.